The summed E-state index contributed by atoms with van der Waals surface area (Å²) in [5, 5.41) is 11.6. The topological polar surface area (TPSA) is 78.9 Å². The molecular formula is C12H22N2O4S. The fourth-order valence-electron chi connectivity index (χ4n) is 1.92. The lowest BCUT2D eigenvalue weighted by Gasteiger charge is -2.25. The molecule has 3 atom stereocenters. The summed E-state index contributed by atoms with van der Waals surface area (Å²) in [6, 6.07) is 0.00943. The normalized spacial score (nSPS) is 23.9. The summed E-state index contributed by atoms with van der Waals surface area (Å²) in [5.41, 5.74) is 0. The number of carbonyl (C=O) groups excluding carboxylic acids is 1. The van der Waals surface area contributed by atoms with Crippen LogP contribution in [0.1, 0.15) is 19.8 Å². The lowest BCUT2D eigenvalue weighted by molar-refractivity contribution is -0.149. The van der Waals surface area contributed by atoms with Crippen LogP contribution in [0.25, 0.3) is 0 Å². The quantitative estimate of drug-likeness (QED) is 0.763. The van der Waals surface area contributed by atoms with Crippen molar-refractivity contribution in [3.63, 3.8) is 0 Å². The summed E-state index contributed by atoms with van der Waals surface area (Å²) in [4.78, 5) is 24.2. The lowest BCUT2D eigenvalue weighted by atomic mass is 10.2. The molecule has 1 fully saturated rings. The number of nitrogens with zero attached hydrogens (tertiary/aromatic N) is 1. The maximum absolute atomic E-state index is 11.9. The molecule has 3 unspecified atom stereocenters. The van der Waals surface area contributed by atoms with E-state index < -0.39 is 12.1 Å². The molecule has 0 aromatic carbocycles. The van der Waals surface area contributed by atoms with Crippen molar-refractivity contribution in [2.45, 2.75) is 38.0 Å². The molecule has 0 spiro atoms. The predicted octanol–water partition coefficient (Wildman–Crippen LogP) is 1.01. The molecule has 1 aliphatic heterocycles. The second-order valence-electron chi connectivity index (χ2n) is 4.76. The number of thioether (sulfide) groups is 1. The van der Waals surface area contributed by atoms with Gasteiger partial charge in [0.15, 0.2) is 6.10 Å². The zero-order chi connectivity index (χ0) is 14.4. The summed E-state index contributed by atoms with van der Waals surface area (Å²) in [5.74, 6) is -0.0511. The third-order valence-electron chi connectivity index (χ3n) is 3.25. The van der Waals surface area contributed by atoms with E-state index in [1.165, 1.54) is 0 Å². The average molecular weight is 290 g/mol. The molecule has 110 valence electrons. The summed E-state index contributed by atoms with van der Waals surface area (Å²) in [6.45, 7) is 2.35. The monoisotopic (exact) mass is 290 g/mol. The van der Waals surface area contributed by atoms with Crippen molar-refractivity contribution in [3.8, 4) is 0 Å². The van der Waals surface area contributed by atoms with Crippen LogP contribution >= 0.6 is 11.8 Å². The number of urea groups is 1. The Bertz CT molecular complexity index is 327. The van der Waals surface area contributed by atoms with Crippen molar-refractivity contribution < 1.29 is 19.4 Å². The molecule has 0 aromatic heterocycles. The largest absolute Gasteiger partial charge is 0.479 e. The zero-order valence-corrected chi connectivity index (χ0v) is 12.4. The van der Waals surface area contributed by atoms with Crippen LogP contribution in [0.2, 0.25) is 0 Å². The van der Waals surface area contributed by atoms with E-state index in [0.29, 0.717) is 19.4 Å². The number of ether oxygens (including phenoxy) is 1. The van der Waals surface area contributed by atoms with E-state index >= 15 is 0 Å². The van der Waals surface area contributed by atoms with Crippen molar-refractivity contribution in [2.24, 2.45) is 0 Å². The van der Waals surface area contributed by atoms with E-state index in [2.05, 4.69) is 5.32 Å². The Kier molecular flexibility index (Phi) is 6.44. The number of carbonyl (C=O) groups is 2. The molecule has 0 radical (unpaired) electrons. The summed E-state index contributed by atoms with van der Waals surface area (Å²) in [7, 11) is 1.76. The van der Waals surface area contributed by atoms with E-state index in [0.717, 1.165) is 5.75 Å². The van der Waals surface area contributed by atoms with Crippen LogP contribution in [0.3, 0.4) is 0 Å². The van der Waals surface area contributed by atoms with Gasteiger partial charge in [0.1, 0.15) is 0 Å². The minimum Gasteiger partial charge on any atom is -0.479 e. The van der Waals surface area contributed by atoms with Gasteiger partial charge in [0.25, 0.3) is 0 Å². The molecule has 2 N–H and O–H groups in total. The number of carboxylic acid groups (broad SMARTS) is 1. The van der Waals surface area contributed by atoms with Crippen LogP contribution in [-0.4, -0.2) is 65.9 Å². The standard InChI is InChI=1S/C12H22N2O4S/c1-8(7-19-3)14(2)12(17)13-6-9-4-5-10(18-9)11(15)16/h8-10H,4-7H2,1-3H3,(H,13,17)(H,15,16). The smallest absolute Gasteiger partial charge is 0.332 e. The summed E-state index contributed by atoms with van der Waals surface area (Å²) < 4.78 is 5.32. The fourth-order valence-corrected chi connectivity index (χ4v) is 2.62. The maximum Gasteiger partial charge on any atom is 0.332 e. The van der Waals surface area contributed by atoms with Gasteiger partial charge in [-0.05, 0) is 26.0 Å². The summed E-state index contributed by atoms with van der Waals surface area (Å²) in [6.07, 6.45) is 2.25. The number of aliphatic carboxylic acids is 1. The second-order valence-corrected chi connectivity index (χ2v) is 5.67. The van der Waals surface area contributed by atoms with Gasteiger partial charge in [-0.3, -0.25) is 0 Å². The van der Waals surface area contributed by atoms with Gasteiger partial charge in [0.05, 0.1) is 6.10 Å². The zero-order valence-electron chi connectivity index (χ0n) is 11.6. The molecular weight excluding hydrogens is 268 g/mol. The van der Waals surface area contributed by atoms with E-state index in [4.69, 9.17) is 9.84 Å². The fraction of sp³-hybridized carbons (Fsp3) is 0.833. The highest BCUT2D eigenvalue weighted by Gasteiger charge is 2.30. The Morgan fingerprint density at radius 3 is 2.74 bits per heavy atom. The Balaban J connectivity index is 2.29. The van der Waals surface area contributed by atoms with Crippen molar-refractivity contribution in [3.05, 3.63) is 0 Å². The van der Waals surface area contributed by atoms with Crippen molar-refractivity contribution in [1.29, 1.82) is 0 Å². The van der Waals surface area contributed by atoms with E-state index in [9.17, 15) is 9.59 Å². The average Bonchev–Trinajstić information content (AvgIpc) is 2.84. The number of nitrogens with one attached hydrogen (secondary N) is 1. The second kappa shape index (κ2) is 7.59. The van der Waals surface area contributed by atoms with Crippen LogP contribution in [-0.2, 0) is 9.53 Å². The molecule has 0 saturated carbocycles. The Morgan fingerprint density at radius 1 is 1.53 bits per heavy atom. The predicted molar refractivity (Wildman–Crippen MR) is 74.5 cm³/mol. The molecule has 0 aromatic rings. The van der Waals surface area contributed by atoms with Crippen molar-refractivity contribution in [2.75, 3.05) is 25.6 Å². The van der Waals surface area contributed by atoms with Gasteiger partial charge in [-0.1, -0.05) is 0 Å². The van der Waals surface area contributed by atoms with Crippen LogP contribution in [0.15, 0.2) is 0 Å². The molecule has 19 heavy (non-hydrogen) atoms. The highest BCUT2D eigenvalue weighted by Crippen LogP contribution is 2.19. The molecule has 1 saturated heterocycles. The molecule has 1 rings (SSSR count). The van der Waals surface area contributed by atoms with Gasteiger partial charge in [-0.25, -0.2) is 9.59 Å². The van der Waals surface area contributed by atoms with Crippen LogP contribution in [0.5, 0.6) is 0 Å². The van der Waals surface area contributed by atoms with Gasteiger partial charge in [-0.15, -0.1) is 0 Å². The number of carboxylic acids is 1. The first-order chi connectivity index (χ1) is 8.95. The summed E-state index contributed by atoms with van der Waals surface area (Å²) >= 11 is 1.69. The van der Waals surface area contributed by atoms with E-state index in [1.54, 1.807) is 23.7 Å². The molecule has 0 bridgehead atoms. The van der Waals surface area contributed by atoms with Gasteiger partial charge in [0.2, 0.25) is 0 Å². The van der Waals surface area contributed by atoms with Gasteiger partial charge in [0, 0.05) is 25.4 Å². The Morgan fingerprint density at radius 2 is 2.21 bits per heavy atom. The molecule has 6 nitrogen and oxygen atoms in total. The number of amides is 2. The van der Waals surface area contributed by atoms with Gasteiger partial charge < -0.3 is 20.1 Å². The number of rotatable bonds is 6. The maximum atomic E-state index is 11.9. The van der Waals surface area contributed by atoms with Crippen molar-refractivity contribution >= 4 is 23.8 Å². The minimum absolute atomic E-state index is 0.149. The Hall–Kier alpha value is -0.950. The van der Waals surface area contributed by atoms with E-state index in [1.807, 2.05) is 13.2 Å². The van der Waals surface area contributed by atoms with Gasteiger partial charge >= 0.3 is 12.0 Å². The van der Waals surface area contributed by atoms with Gasteiger partial charge in [-0.2, -0.15) is 11.8 Å². The molecule has 7 heteroatoms. The molecule has 0 aliphatic carbocycles. The lowest BCUT2D eigenvalue weighted by Crippen LogP contribution is -2.45. The Labute approximate surface area is 117 Å². The highest BCUT2D eigenvalue weighted by molar-refractivity contribution is 7.98. The first-order valence-corrected chi connectivity index (χ1v) is 7.73. The highest BCUT2D eigenvalue weighted by atomic mass is 32.2. The van der Waals surface area contributed by atoms with Crippen LogP contribution in [0.4, 0.5) is 4.79 Å². The first kappa shape index (κ1) is 16.1. The van der Waals surface area contributed by atoms with E-state index in [-0.39, 0.29) is 18.2 Å². The third kappa shape index (κ3) is 4.91. The first-order valence-electron chi connectivity index (χ1n) is 6.33. The van der Waals surface area contributed by atoms with Crippen molar-refractivity contribution in [1.82, 2.24) is 10.2 Å². The molecule has 1 heterocycles. The third-order valence-corrected chi connectivity index (χ3v) is 4.07. The number of hydrogen-bond acceptors (Lipinski definition) is 4. The minimum atomic E-state index is -0.931. The van der Waals surface area contributed by atoms with Crippen LogP contribution < -0.4 is 5.32 Å². The molecule has 2 amide bonds. The SMILES string of the molecule is CSCC(C)N(C)C(=O)NCC1CCC(C(=O)O)O1. The number of hydrogen-bond donors (Lipinski definition) is 2. The molecule has 1 aliphatic rings. The van der Waals surface area contributed by atoms with Crippen LogP contribution in [0, 0.1) is 0 Å².